The maximum absolute atomic E-state index is 11.5. The van der Waals surface area contributed by atoms with Gasteiger partial charge < -0.3 is 14.8 Å². The number of nitriles is 1. The van der Waals surface area contributed by atoms with Crippen molar-refractivity contribution in [1.82, 2.24) is 5.32 Å². The minimum Gasteiger partial charge on any atom is -0.482 e. The van der Waals surface area contributed by atoms with Crippen molar-refractivity contribution in [1.29, 1.82) is 5.26 Å². The largest absolute Gasteiger partial charge is 0.482 e. The van der Waals surface area contributed by atoms with E-state index in [4.69, 9.17) is 14.7 Å². The molecule has 0 unspecified atom stereocenters. The Hall–Kier alpha value is -3.07. The Balaban J connectivity index is 1.75. The second kappa shape index (κ2) is 8.39. The Morgan fingerprint density at radius 1 is 1.09 bits per heavy atom. The first-order chi connectivity index (χ1) is 11.2. The minimum absolute atomic E-state index is 0.213. The standard InChI is InChI=1S/C17H16N2O4/c18-8-3-9-19-16(20)11-23-17(21)12-22-15-7-6-13-4-1-2-5-14(13)10-15/h1-2,4-7,10H,3,9,11-12H2,(H,19,20). The van der Waals surface area contributed by atoms with Crippen molar-refractivity contribution in [3.8, 4) is 11.8 Å². The van der Waals surface area contributed by atoms with Crippen LogP contribution in [0.25, 0.3) is 10.8 Å². The monoisotopic (exact) mass is 312 g/mol. The van der Waals surface area contributed by atoms with Gasteiger partial charge in [-0.3, -0.25) is 4.79 Å². The number of carbonyl (C=O) groups excluding carboxylic acids is 2. The van der Waals surface area contributed by atoms with Crippen LogP contribution in [0.15, 0.2) is 42.5 Å². The van der Waals surface area contributed by atoms with Crippen LogP contribution in [0.4, 0.5) is 0 Å². The van der Waals surface area contributed by atoms with E-state index in [-0.39, 0.29) is 26.2 Å². The Kier molecular flexibility index (Phi) is 5.95. The third-order valence-corrected chi connectivity index (χ3v) is 3.00. The summed E-state index contributed by atoms with van der Waals surface area (Å²) in [6.45, 7) is -0.421. The van der Waals surface area contributed by atoms with E-state index < -0.39 is 11.9 Å². The van der Waals surface area contributed by atoms with Crippen LogP contribution < -0.4 is 10.1 Å². The van der Waals surface area contributed by atoms with Crippen molar-refractivity contribution in [2.24, 2.45) is 0 Å². The number of rotatable bonds is 7. The van der Waals surface area contributed by atoms with Gasteiger partial charge in [0, 0.05) is 6.54 Å². The SMILES string of the molecule is N#CCCNC(=O)COC(=O)COc1ccc2ccccc2c1. The molecular weight excluding hydrogens is 296 g/mol. The molecule has 6 heteroatoms. The second-order valence-corrected chi connectivity index (χ2v) is 4.72. The molecule has 0 heterocycles. The lowest BCUT2D eigenvalue weighted by atomic mass is 10.1. The normalized spacial score (nSPS) is 9.87. The molecule has 2 aromatic rings. The number of esters is 1. The van der Waals surface area contributed by atoms with E-state index in [1.165, 1.54) is 0 Å². The molecule has 0 saturated heterocycles. The molecule has 2 aromatic carbocycles. The number of fused-ring (bicyclic) bond motifs is 1. The van der Waals surface area contributed by atoms with Crippen LogP contribution in [0.2, 0.25) is 0 Å². The van der Waals surface area contributed by atoms with Gasteiger partial charge in [-0.15, -0.1) is 0 Å². The van der Waals surface area contributed by atoms with E-state index in [1.807, 2.05) is 42.5 Å². The zero-order chi connectivity index (χ0) is 16.5. The average Bonchev–Trinajstić information content (AvgIpc) is 2.58. The van der Waals surface area contributed by atoms with E-state index in [2.05, 4.69) is 5.32 Å². The number of hydrogen-bond acceptors (Lipinski definition) is 5. The highest BCUT2D eigenvalue weighted by atomic mass is 16.6. The molecule has 0 aliphatic rings. The number of nitrogens with zero attached hydrogens (tertiary/aromatic N) is 1. The fourth-order valence-electron chi connectivity index (χ4n) is 1.90. The van der Waals surface area contributed by atoms with E-state index >= 15 is 0 Å². The van der Waals surface area contributed by atoms with E-state index in [0.29, 0.717) is 5.75 Å². The summed E-state index contributed by atoms with van der Waals surface area (Å²) in [6, 6.07) is 15.2. The Labute approximate surface area is 133 Å². The molecule has 0 aliphatic carbocycles. The first kappa shape index (κ1) is 16.3. The molecule has 118 valence electrons. The summed E-state index contributed by atoms with van der Waals surface area (Å²) in [5.41, 5.74) is 0. The lowest BCUT2D eigenvalue weighted by molar-refractivity contribution is -0.150. The molecule has 0 aliphatic heterocycles. The minimum atomic E-state index is -0.631. The molecule has 1 N–H and O–H groups in total. The van der Waals surface area contributed by atoms with Crippen molar-refractivity contribution in [3.05, 3.63) is 42.5 Å². The van der Waals surface area contributed by atoms with Crippen molar-refractivity contribution >= 4 is 22.6 Å². The summed E-state index contributed by atoms with van der Waals surface area (Å²) in [5, 5.41) is 12.9. The number of nitrogens with one attached hydrogen (secondary N) is 1. The zero-order valence-electron chi connectivity index (χ0n) is 12.5. The number of benzene rings is 2. The lowest BCUT2D eigenvalue weighted by Crippen LogP contribution is -2.30. The molecule has 0 saturated carbocycles. The molecule has 0 atom stereocenters. The predicted molar refractivity (Wildman–Crippen MR) is 83.6 cm³/mol. The van der Waals surface area contributed by atoms with Gasteiger partial charge in [0.2, 0.25) is 0 Å². The van der Waals surface area contributed by atoms with Crippen molar-refractivity contribution < 1.29 is 19.1 Å². The number of hydrogen-bond donors (Lipinski definition) is 1. The van der Waals surface area contributed by atoms with Gasteiger partial charge in [-0.25, -0.2) is 4.79 Å². The molecule has 0 fully saturated rings. The number of ether oxygens (including phenoxy) is 2. The average molecular weight is 312 g/mol. The van der Waals surface area contributed by atoms with Gasteiger partial charge in [0.05, 0.1) is 12.5 Å². The molecule has 0 aromatic heterocycles. The first-order valence-corrected chi connectivity index (χ1v) is 7.10. The third-order valence-electron chi connectivity index (χ3n) is 3.00. The molecule has 1 amide bonds. The first-order valence-electron chi connectivity index (χ1n) is 7.10. The summed E-state index contributed by atoms with van der Waals surface area (Å²) < 4.78 is 10.1. The summed E-state index contributed by atoms with van der Waals surface area (Å²) in [7, 11) is 0. The summed E-state index contributed by atoms with van der Waals surface area (Å²) >= 11 is 0. The third kappa shape index (κ3) is 5.32. The topological polar surface area (TPSA) is 88.4 Å². The molecule has 2 rings (SSSR count). The van der Waals surface area contributed by atoms with E-state index in [9.17, 15) is 9.59 Å². The molecule has 6 nitrogen and oxygen atoms in total. The van der Waals surface area contributed by atoms with Crippen LogP contribution in [0, 0.1) is 11.3 Å². The lowest BCUT2D eigenvalue weighted by Gasteiger charge is -2.08. The number of amides is 1. The van der Waals surface area contributed by atoms with Crippen LogP contribution in [0.1, 0.15) is 6.42 Å². The highest BCUT2D eigenvalue weighted by Crippen LogP contribution is 2.20. The van der Waals surface area contributed by atoms with E-state index in [1.54, 1.807) is 6.07 Å². The van der Waals surface area contributed by atoms with Gasteiger partial charge in [-0.05, 0) is 22.9 Å². The predicted octanol–water partition coefficient (Wildman–Crippen LogP) is 1.79. The summed E-state index contributed by atoms with van der Waals surface area (Å²) in [5.74, 6) is -0.521. The zero-order valence-corrected chi connectivity index (χ0v) is 12.5. The molecule has 0 radical (unpaired) electrons. The highest BCUT2D eigenvalue weighted by Gasteiger charge is 2.08. The fraction of sp³-hybridized carbons (Fsp3) is 0.235. The van der Waals surface area contributed by atoms with Crippen LogP contribution in [-0.4, -0.2) is 31.6 Å². The highest BCUT2D eigenvalue weighted by molar-refractivity contribution is 5.84. The second-order valence-electron chi connectivity index (χ2n) is 4.72. The Morgan fingerprint density at radius 3 is 2.65 bits per heavy atom. The van der Waals surface area contributed by atoms with Crippen LogP contribution in [0.3, 0.4) is 0 Å². The van der Waals surface area contributed by atoms with Gasteiger partial charge >= 0.3 is 5.97 Å². The van der Waals surface area contributed by atoms with Crippen LogP contribution >= 0.6 is 0 Å². The summed E-state index contributed by atoms with van der Waals surface area (Å²) in [6.07, 6.45) is 0.213. The maximum atomic E-state index is 11.5. The Morgan fingerprint density at radius 2 is 1.87 bits per heavy atom. The van der Waals surface area contributed by atoms with Gasteiger partial charge in [0.15, 0.2) is 13.2 Å². The van der Waals surface area contributed by atoms with Gasteiger partial charge in [0.1, 0.15) is 5.75 Å². The van der Waals surface area contributed by atoms with Crippen molar-refractivity contribution in [2.45, 2.75) is 6.42 Å². The Bertz CT molecular complexity index is 737. The fourth-order valence-corrected chi connectivity index (χ4v) is 1.90. The maximum Gasteiger partial charge on any atom is 0.344 e. The van der Waals surface area contributed by atoms with Gasteiger partial charge in [-0.1, -0.05) is 30.3 Å². The van der Waals surface area contributed by atoms with Gasteiger partial charge in [0.25, 0.3) is 5.91 Å². The number of carbonyl (C=O) groups is 2. The smallest absolute Gasteiger partial charge is 0.344 e. The summed E-state index contributed by atoms with van der Waals surface area (Å²) in [4.78, 5) is 22.8. The van der Waals surface area contributed by atoms with E-state index in [0.717, 1.165) is 10.8 Å². The molecule has 23 heavy (non-hydrogen) atoms. The van der Waals surface area contributed by atoms with Crippen molar-refractivity contribution in [2.75, 3.05) is 19.8 Å². The van der Waals surface area contributed by atoms with Gasteiger partial charge in [-0.2, -0.15) is 5.26 Å². The molecule has 0 spiro atoms. The quantitative estimate of drug-likeness (QED) is 0.622. The molecule has 0 bridgehead atoms. The van der Waals surface area contributed by atoms with Crippen LogP contribution in [-0.2, 0) is 14.3 Å². The van der Waals surface area contributed by atoms with Crippen LogP contribution in [0.5, 0.6) is 5.75 Å². The molecular formula is C17H16N2O4. The van der Waals surface area contributed by atoms with Crippen molar-refractivity contribution in [3.63, 3.8) is 0 Å².